The zero-order valence-electron chi connectivity index (χ0n) is 5.99. The second kappa shape index (κ2) is 2.49. The molecule has 2 bridgehead atoms. The van der Waals surface area contributed by atoms with E-state index in [9.17, 15) is 0 Å². The molecule has 0 saturated carbocycles. The number of hydrogen-bond acceptors (Lipinski definition) is 3. The standard InChI is InChI=1S/C7H13NO2/c9-2-1-8-4-7-3-6(8)5-10-7/h6-7,9H,1-5H2/t6-,7-/m0/s1. The normalized spacial score (nSPS) is 39.3. The van der Waals surface area contributed by atoms with Gasteiger partial charge in [0.25, 0.3) is 0 Å². The predicted molar refractivity (Wildman–Crippen MR) is 36.8 cm³/mol. The van der Waals surface area contributed by atoms with Crippen molar-refractivity contribution < 1.29 is 9.84 Å². The van der Waals surface area contributed by atoms with Gasteiger partial charge in [-0.3, -0.25) is 4.90 Å². The van der Waals surface area contributed by atoms with Crippen molar-refractivity contribution in [2.45, 2.75) is 18.6 Å². The third-order valence-corrected chi connectivity index (χ3v) is 2.40. The Balaban J connectivity index is 1.90. The van der Waals surface area contributed by atoms with E-state index < -0.39 is 0 Å². The summed E-state index contributed by atoms with van der Waals surface area (Å²) in [5.41, 5.74) is 0. The van der Waals surface area contributed by atoms with Gasteiger partial charge in [-0.2, -0.15) is 0 Å². The number of fused-ring (bicyclic) bond motifs is 2. The van der Waals surface area contributed by atoms with E-state index >= 15 is 0 Å². The first-order valence-corrected chi connectivity index (χ1v) is 3.86. The maximum Gasteiger partial charge on any atom is 0.0718 e. The Bertz CT molecular complexity index is 129. The Morgan fingerprint density at radius 1 is 1.60 bits per heavy atom. The number of nitrogens with zero attached hydrogens (tertiary/aromatic N) is 1. The highest BCUT2D eigenvalue weighted by atomic mass is 16.5. The van der Waals surface area contributed by atoms with Crippen molar-refractivity contribution in [2.24, 2.45) is 0 Å². The average molecular weight is 143 g/mol. The van der Waals surface area contributed by atoms with E-state index in [1.54, 1.807) is 0 Å². The van der Waals surface area contributed by atoms with Crippen LogP contribution in [0.2, 0.25) is 0 Å². The van der Waals surface area contributed by atoms with Crippen LogP contribution in [0.25, 0.3) is 0 Å². The lowest BCUT2D eigenvalue weighted by Gasteiger charge is -2.25. The molecule has 2 fully saturated rings. The van der Waals surface area contributed by atoms with Gasteiger partial charge >= 0.3 is 0 Å². The molecule has 2 saturated heterocycles. The van der Waals surface area contributed by atoms with Crippen molar-refractivity contribution >= 4 is 0 Å². The van der Waals surface area contributed by atoms with Gasteiger partial charge in [0.05, 0.1) is 19.3 Å². The number of likely N-dealkylation sites (tertiary alicyclic amines) is 1. The second-order valence-corrected chi connectivity index (χ2v) is 3.06. The lowest BCUT2D eigenvalue weighted by atomic mass is 10.2. The van der Waals surface area contributed by atoms with E-state index in [1.165, 1.54) is 6.42 Å². The van der Waals surface area contributed by atoms with Crippen LogP contribution in [0.15, 0.2) is 0 Å². The summed E-state index contributed by atoms with van der Waals surface area (Å²) in [6, 6.07) is 0.608. The van der Waals surface area contributed by atoms with Crippen LogP contribution >= 0.6 is 0 Å². The molecular formula is C7H13NO2. The molecule has 0 radical (unpaired) electrons. The fourth-order valence-electron chi connectivity index (χ4n) is 1.88. The minimum Gasteiger partial charge on any atom is -0.395 e. The van der Waals surface area contributed by atoms with Crippen LogP contribution in [0.3, 0.4) is 0 Å². The molecule has 0 unspecified atom stereocenters. The van der Waals surface area contributed by atoms with Crippen molar-refractivity contribution in [1.82, 2.24) is 4.90 Å². The average Bonchev–Trinajstić information content (AvgIpc) is 2.48. The van der Waals surface area contributed by atoms with Crippen LogP contribution in [0.1, 0.15) is 6.42 Å². The molecule has 2 aliphatic heterocycles. The molecule has 0 aromatic rings. The number of hydrogen-bond donors (Lipinski definition) is 1. The Morgan fingerprint density at radius 2 is 2.50 bits per heavy atom. The van der Waals surface area contributed by atoms with Crippen LogP contribution in [-0.4, -0.2) is 48.5 Å². The van der Waals surface area contributed by atoms with E-state index in [0.717, 1.165) is 19.7 Å². The molecule has 0 aliphatic carbocycles. The second-order valence-electron chi connectivity index (χ2n) is 3.06. The maximum absolute atomic E-state index is 8.67. The molecular weight excluding hydrogens is 130 g/mol. The summed E-state index contributed by atoms with van der Waals surface area (Å²) in [7, 11) is 0. The molecule has 2 rings (SSSR count). The summed E-state index contributed by atoms with van der Waals surface area (Å²) in [6.07, 6.45) is 1.65. The summed E-state index contributed by atoms with van der Waals surface area (Å²) < 4.78 is 5.41. The smallest absolute Gasteiger partial charge is 0.0718 e. The van der Waals surface area contributed by atoms with Gasteiger partial charge < -0.3 is 9.84 Å². The fraction of sp³-hybridized carbons (Fsp3) is 1.00. The molecule has 2 heterocycles. The van der Waals surface area contributed by atoms with Crippen LogP contribution in [-0.2, 0) is 4.74 Å². The molecule has 1 N–H and O–H groups in total. The Labute approximate surface area is 60.6 Å². The summed E-state index contributed by atoms with van der Waals surface area (Å²) in [6.45, 7) is 3.02. The van der Waals surface area contributed by atoms with Gasteiger partial charge in [-0.25, -0.2) is 0 Å². The first-order chi connectivity index (χ1) is 4.90. The van der Waals surface area contributed by atoms with E-state index in [4.69, 9.17) is 9.84 Å². The number of ether oxygens (including phenoxy) is 1. The molecule has 0 amide bonds. The highest BCUT2D eigenvalue weighted by molar-refractivity contribution is 4.90. The molecule has 58 valence electrons. The molecule has 2 aliphatic rings. The monoisotopic (exact) mass is 143 g/mol. The SMILES string of the molecule is OCCN1C[C@@H]2C[C@H]1CO2. The number of rotatable bonds is 2. The van der Waals surface area contributed by atoms with Gasteiger partial charge in [0.15, 0.2) is 0 Å². The van der Waals surface area contributed by atoms with Crippen LogP contribution in [0.5, 0.6) is 0 Å². The molecule has 3 heteroatoms. The molecule has 0 spiro atoms. The molecule has 0 aromatic heterocycles. The first kappa shape index (κ1) is 6.58. The van der Waals surface area contributed by atoms with Crippen molar-refractivity contribution in [1.29, 1.82) is 0 Å². The van der Waals surface area contributed by atoms with Crippen LogP contribution in [0, 0.1) is 0 Å². The summed E-state index contributed by atoms with van der Waals surface area (Å²) in [4.78, 5) is 2.31. The van der Waals surface area contributed by atoms with Crippen molar-refractivity contribution in [3.8, 4) is 0 Å². The highest BCUT2D eigenvalue weighted by Gasteiger charge is 2.38. The predicted octanol–water partition coefficient (Wildman–Crippen LogP) is -0.548. The van der Waals surface area contributed by atoms with Gasteiger partial charge in [0, 0.05) is 19.1 Å². The van der Waals surface area contributed by atoms with Gasteiger partial charge in [0.1, 0.15) is 0 Å². The lowest BCUT2D eigenvalue weighted by Crippen LogP contribution is -2.38. The summed E-state index contributed by atoms with van der Waals surface area (Å²) in [5.74, 6) is 0. The van der Waals surface area contributed by atoms with E-state index in [2.05, 4.69) is 4.90 Å². The van der Waals surface area contributed by atoms with Crippen molar-refractivity contribution in [3.63, 3.8) is 0 Å². The lowest BCUT2D eigenvalue weighted by molar-refractivity contribution is 0.0244. The van der Waals surface area contributed by atoms with Crippen molar-refractivity contribution in [2.75, 3.05) is 26.3 Å². The number of β-amino-alcohol motifs (C(OH)–C–C–N with tert-alkyl or cyclic N) is 1. The quantitative estimate of drug-likeness (QED) is 0.563. The third kappa shape index (κ3) is 0.944. The number of morpholine rings is 1. The summed E-state index contributed by atoms with van der Waals surface area (Å²) >= 11 is 0. The largest absolute Gasteiger partial charge is 0.395 e. The number of aliphatic hydroxyl groups excluding tert-OH is 1. The third-order valence-electron chi connectivity index (χ3n) is 2.40. The molecule has 10 heavy (non-hydrogen) atoms. The molecule has 3 nitrogen and oxygen atoms in total. The van der Waals surface area contributed by atoms with Gasteiger partial charge in [-0.05, 0) is 6.42 Å². The fourth-order valence-corrected chi connectivity index (χ4v) is 1.88. The van der Waals surface area contributed by atoms with Gasteiger partial charge in [0.2, 0.25) is 0 Å². The summed E-state index contributed by atoms with van der Waals surface area (Å²) in [5, 5.41) is 8.67. The first-order valence-electron chi connectivity index (χ1n) is 3.86. The van der Waals surface area contributed by atoms with E-state index in [0.29, 0.717) is 12.1 Å². The van der Waals surface area contributed by atoms with E-state index in [-0.39, 0.29) is 6.61 Å². The topological polar surface area (TPSA) is 32.7 Å². The zero-order valence-corrected chi connectivity index (χ0v) is 5.99. The van der Waals surface area contributed by atoms with Crippen LogP contribution < -0.4 is 0 Å². The van der Waals surface area contributed by atoms with Gasteiger partial charge in [-0.1, -0.05) is 0 Å². The zero-order chi connectivity index (χ0) is 6.97. The highest BCUT2D eigenvalue weighted by Crippen LogP contribution is 2.26. The Kier molecular flexibility index (Phi) is 1.64. The van der Waals surface area contributed by atoms with Crippen LogP contribution in [0.4, 0.5) is 0 Å². The number of aliphatic hydroxyl groups is 1. The Hall–Kier alpha value is -0.120. The maximum atomic E-state index is 8.67. The minimum absolute atomic E-state index is 0.281. The minimum atomic E-state index is 0.281. The van der Waals surface area contributed by atoms with Gasteiger partial charge in [-0.15, -0.1) is 0 Å². The van der Waals surface area contributed by atoms with Crippen molar-refractivity contribution in [3.05, 3.63) is 0 Å². The molecule has 2 atom stereocenters. The molecule has 0 aromatic carbocycles. The van der Waals surface area contributed by atoms with E-state index in [1.807, 2.05) is 0 Å². The Morgan fingerprint density at radius 3 is 3.00 bits per heavy atom.